The molecule has 0 aliphatic rings. The maximum atomic E-state index is 12.0. The molecule has 2 nitrogen and oxygen atoms in total. The van der Waals surface area contributed by atoms with Gasteiger partial charge in [-0.1, -0.05) is 30.1 Å². The number of hydrogen-bond donors (Lipinski definition) is 1. The summed E-state index contributed by atoms with van der Waals surface area (Å²) in [6, 6.07) is 4.93. The van der Waals surface area contributed by atoms with E-state index in [-0.39, 0.29) is 11.7 Å². The van der Waals surface area contributed by atoms with E-state index in [9.17, 15) is 4.79 Å². The predicted molar refractivity (Wildman–Crippen MR) is 68.2 cm³/mol. The van der Waals surface area contributed by atoms with Gasteiger partial charge in [0, 0.05) is 16.5 Å². The van der Waals surface area contributed by atoms with E-state index in [1.807, 2.05) is 6.92 Å². The Morgan fingerprint density at radius 1 is 1.44 bits per heavy atom. The first-order chi connectivity index (χ1) is 7.56. The maximum absolute atomic E-state index is 12.0. The minimum atomic E-state index is -0.0699. The second kappa shape index (κ2) is 6.24. The summed E-state index contributed by atoms with van der Waals surface area (Å²) in [5.74, 6) is -0.0412. The summed E-state index contributed by atoms with van der Waals surface area (Å²) in [6.07, 6.45) is 1.61. The van der Waals surface area contributed by atoms with E-state index in [1.165, 1.54) is 0 Å². The van der Waals surface area contributed by atoms with Crippen molar-refractivity contribution in [2.24, 2.45) is 11.7 Å². The first-order valence-electron chi connectivity index (χ1n) is 5.25. The van der Waals surface area contributed by atoms with Crippen LogP contribution in [0.5, 0.6) is 0 Å². The van der Waals surface area contributed by atoms with Gasteiger partial charge in [-0.15, -0.1) is 0 Å². The fourth-order valence-electron chi connectivity index (χ4n) is 1.51. The molecular weight excluding hydrogens is 245 g/mol. The van der Waals surface area contributed by atoms with E-state index < -0.39 is 0 Å². The molecule has 0 bridgehead atoms. The van der Waals surface area contributed by atoms with Crippen molar-refractivity contribution >= 4 is 29.0 Å². The van der Waals surface area contributed by atoms with Crippen molar-refractivity contribution in [2.75, 3.05) is 6.54 Å². The zero-order chi connectivity index (χ0) is 12.1. The molecule has 2 N–H and O–H groups in total. The van der Waals surface area contributed by atoms with Gasteiger partial charge in [0.15, 0.2) is 5.78 Å². The topological polar surface area (TPSA) is 43.1 Å². The first-order valence-corrected chi connectivity index (χ1v) is 6.01. The van der Waals surface area contributed by atoms with E-state index in [4.69, 9.17) is 28.9 Å². The van der Waals surface area contributed by atoms with Gasteiger partial charge in [0.25, 0.3) is 0 Å². The van der Waals surface area contributed by atoms with Crippen LogP contribution in [0.3, 0.4) is 0 Å². The van der Waals surface area contributed by atoms with Crippen LogP contribution >= 0.6 is 23.2 Å². The lowest BCUT2D eigenvalue weighted by Crippen LogP contribution is -2.13. The first kappa shape index (κ1) is 13.5. The molecule has 1 aromatic rings. The molecule has 0 aliphatic carbocycles. The maximum Gasteiger partial charge on any atom is 0.167 e. The van der Waals surface area contributed by atoms with E-state index in [0.29, 0.717) is 22.2 Å². The average Bonchev–Trinajstić information content (AvgIpc) is 2.28. The zero-order valence-corrected chi connectivity index (χ0v) is 10.7. The van der Waals surface area contributed by atoms with Crippen LogP contribution in [-0.2, 0) is 0 Å². The number of carbonyl (C=O) groups excluding carboxylic acids is 1. The van der Waals surface area contributed by atoms with E-state index in [0.717, 1.165) is 12.8 Å². The monoisotopic (exact) mass is 259 g/mol. The van der Waals surface area contributed by atoms with E-state index in [1.54, 1.807) is 18.2 Å². The standard InChI is InChI=1S/C12H15Cl2NO/c1-8(3-2-6-15)12(16)10-7-9(13)4-5-11(10)14/h4-5,7-8H,2-3,6,15H2,1H3. The van der Waals surface area contributed by atoms with Gasteiger partial charge < -0.3 is 5.73 Å². The second-order valence-electron chi connectivity index (χ2n) is 3.82. The molecule has 1 unspecified atom stereocenters. The SMILES string of the molecule is CC(CCCN)C(=O)c1cc(Cl)ccc1Cl. The molecule has 88 valence electrons. The van der Waals surface area contributed by atoms with Crippen molar-refractivity contribution < 1.29 is 4.79 Å². The van der Waals surface area contributed by atoms with Crippen molar-refractivity contribution in [1.29, 1.82) is 0 Å². The molecule has 1 rings (SSSR count). The van der Waals surface area contributed by atoms with Gasteiger partial charge in [-0.05, 0) is 37.6 Å². The molecule has 0 saturated carbocycles. The Labute approximate surface area is 106 Å². The fraction of sp³-hybridized carbons (Fsp3) is 0.417. The Balaban J connectivity index is 2.83. The van der Waals surface area contributed by atoms with E-state index >= 15 is 0 Å². The number of Topliss-reactive ketones (excluding diaryl/α,β-unsaturated/α-hetero) is 1. The molecule has 1 aromatic carbocycles. The molecule has 16 heavy (non-hydrogen) atoms. The fourth-order valence-corrected chi connectivity index (χ4v) is 1.89. The summed E-state index contributed by atoms with van der Waals surface area (Å²) in [7, 11) is 0. The summed E-state index contributed by atoms with van der Waals surface area (Å²) in [5, 5.41) is 0.979. The van der Waals surface area contributed by atoms with Crippen molar-refractivity contribution in [3.8, 4) is 0 Å². The van der Waals surface area contributed by atoms with Gasteiger partial charge in [-0.25, -0.2) is 0 Å². The number of hydrogen-bond acceptors (Lipinski definition) is 2. The van der Waals surface area contributed by atoms with Crippen LogP contribution in [0.1, 0.15) is 30.1 Å². The average molecular weight is 260 g/mol. The zero-order valence-electron chi connectivity index (χ0n) is 9.17. The number of nitrogens with two attached hydrogens (primary N) is 1. The third-order valence-corrected chi connectivity index (χ3v) is 3.05. The van der Waals surface area contributed by atoms with Gasteiger partial charge in [0.1, 0.15) is 0 Å². The number of carbonyl (C=O) groups is 1. The number of benzene rings is 1. The summed E-state index contributed by atoms with van der Waals surface area (Å²) in [5.41, 5.74) is 5.91. The highest BCUT2D eigenvalue weighted by molar-refractivity contribution is 6.36. The molecule has 4 heteroatoms. The Morgan fingerprint density at radius 2 is 2.12 bits per heavy atom. The highest BCUT2D eigenvalue weighted by atomic mass is 35.5. The summed E-state index contributed by atoms with van der Waals surface area (Å²) in [4.78, 5) is 12.0. The smallest absolute Gasteiger partial charge is 0.167 e. The predicted octanol–water partition coefficient (Wildman–Crippen LogP) is 3.55. The second-order valence-corrected chi connectivity index (χ2v) is 4.66. The van der Waals surface area contributed by atoms with Crippen LogP contribution in [0.4, 0.5) is 0 Å². The largest absolute Gasteiger partial charge is 0.330 e. The normalized spacial score (nSPS) is 12.5. The third kappa shape index (κ3) is 3.48. The summed E-state index contributed by atoms with van der Waals surface area (Å²) >= 11 is 11.8. The Bertz CT molecular complexity index is 379. The van der Waals surface area contributed by atoms with Gasteiger partial charge in [0.05, 0.1) is 5.02 Å². The van der Waals surface area contributed by atoms with Crippen LogP contribution in [-0.4, -0.2) is 12.3 Å². The third-order valence-electron chi connectivity index (χ3n) is 2.48. The van der Waals surface area contributed by atoms with Gasteiger partial charge in [-0.3, -0.25) is 4.79 Å². The molecule has 0 amide bonds. The molecule has 0 spiro atoms. The highest BCUT2D eigenvalue weighted by Gasteiger charge is 2.17. The number of halogens is 2. The Morgan fingerprint density at radius 3 is 2.75 bits per heavy atom. The summed E-state index contributed by atoms with van der Waals surface area (Å²) in [6.45, 7) is 2.48. The molecule has 0 aliphatic heterocycles. The minimum Gasteiger partial charge on any atom is -0.330 e. The Hall–Kier alpha value is -0.570. The van der Waals surface area contributed by atoms with Gasteiger partial charge in [-0.2, -0.15) is 0 Å². The van der Waals surface area contributed by atoms with Crippen molar-refractivity contribution in [3.05, 3.63) is 33.8 Å². The van der Waals surface area contributed by atoms with Crippen LogP contribution < -0.4 is 5.73 Å². The van der Waals surface area contributed by atoms with Crippen LogP contribution in [0.25, 0.3) is 0 Å². The molecule has 0 fully saturated rings. The van der Waals surface area contributed by atoms with Crippen LogP contribution in [0, 0.1) is 5.92 Å². The van der Waals surface area contributed by atoms with Crippen LogP contribution in [0.15, 0.2) is 18.2 Å². The lowest BCUT2D eigenvalue weighted by Gasteiger charge is -2.11. The quantitative estimate of drug-likeness (QED) is 0.822. The molecule has 0 heterocycles. The number of ketones is 1. The molecular formula is C12H15Cl2NO. The summed E-state index contributed by atoms with van der Waals surface area (Å²) < 4.78 is 0. The van der Waals surface area contributed by atoms with E-state index in [2.05, 4.69) is 0 Å². The van der Waals surface area contributed by atoms with Crippen molar-refractivity contribution in [2.45, 2.75) is 19.8 Å². The Kier molecular flexibility index (Phi) is 5.26. The molecule has 0 radical (unpaired) electrons. The lowest BCUT2D eigenvalue weighted by atomic mass is 9.95. The lowest BCUT2D eigenvalue weighted by molar-refractivity contribution is 0.0923. The molecule has 1 atom stereocenters. The molecule has 0 saturated heterocycles. The molecule has 0 aromatic heterocycles. The minimum absolute atomic E-state index is 0.0287. The highest BCUT2D eigenvalue weighted by Crippen LogP contribution is 2.24. The van der Waals surface area contributed by atoms with Gasteiger partial charge >= 0.3 is 0 Å². The number of rotatable bonds is 5. The van der Waals surface area contributed by atoms with Crippen molar-refractivity contribution in [1.82, 2.24) is 0 Å². The van der Waals surface area contributed by atoms with Gasteiger partial charge in [0.2, 0.25) is 0 Å². The van der Waals surface area contributed by atoms with Crippen LogP contribution in [0.2, 0.25) is 10.0 Å². The van der Waals surface area contributed by atoms with Crippen molar-refractivity contribution in [3.63, 3.8) is 0 Å².